The number of esters is 1. The Morgan fingerprint density at radius 2 is 2.08 bits per heavy atom. The van der Waals surface area contributed by atoms with Crippen LogP contribution < -0.4 is 0 Å². The summed E-state index contributed by atoms with van der Waals surface area (Å²) < 4.78 is 18.4. The van der Waals surface area contributed by atoms with Crippen molar-refractivity contribution in [3.63, 3.8) is 0 Å². The van der Waals surface area contributed by atoms with E-state index in [-0.39, 0.29) is 17.7 Å². The maximum Gasteiger partial charge on any atom is 0.311 e. The highest BCUT2D eigenvalue weighted by Crippen LogP contribution is 2.43. The van der Waals surface area contributed by atoms with E-state index in [1.807, 2.05) is 6.07 Å². The topological polar surface area (TPSA) is 59.4 Å². The summed E-state index contributed by atoms with van der Waals surface area (Å²) in [5, 5.41) is 11.6. The zero-order chi connectivity index (χ0) is 17.3. The van der Waals surface area contributed by atoms with E-state index in [0.717, 1.165) is 29.3 Å². The number of fused-ring (bicyclic) bond motifs is 1. The minimum absolute atomic E-state index is 0.224. The standard InChI is InChI=1S/C19H22FNO3/c1-12(18(22)24-2)19(23)8-5-13(6-9-19)15-7-10-21-17-4-3-14(20)11-16(15)17/h3-4,7,10-13,23H,5-6,8-9H2,1-2H3/t12?,13-,19+. The van der Waals surface area contributed by atoms with Crippen LogP contribution in [0.4, 0.5) is 4.39 Å². The maximum atomic E-state index is 13.6. The van der Waals surface area contributed by atoms with Crippen LogP contribution in [0.2, 0.25) is 0 Å². The van der Waals surface area contributed by atoms with Crippen molar-refractivity contribution >= 4 is 16.9 Å². The normalized spacial score (nSPS) is 25.4. The summed E-state index contributed by atoms with van der Waals surface area (Å²) in [5.74, 6) is -0.978. The molecule has 128 valence electrons. The first-order chi connectivity index (χ1) is 11.4. The van der Waals surface area contributed by atoms with Gasteiger partial charge in [0, 0.05) is 11.6 Å². The average Bonchev–Trinajstić information content (AvgIpc) is 2.60. The zero-order valence-corrected chi connectivity index (χ0v) is 14.0. The lowest BCUT2D eigenvalue weighted by atomic mass is 9.70. The highest BCUT2D eigenvalue weighted by Gasteiger charge is 2.42. The lowest BCUT2D eigenvalue weighted by Crippen LogP contribution is -2.44. The maximum absolute atomic E-state index is 13.6. The molecule has 1 aromatic heterocycles. The molecule has 1 heterocycles. The number of nitrogens with zero attached hydrogens (tertiary/aromatic N) is 1. The SMILES string of the molecule is COC(=O)C(C)[C@]1(O)CC[C@@H](c2ccnc3ccc(F)cc32)CC1. The quantitative estimate of drug-likeness (QED) is 0.874. The molecule has 24 heavy (non-hydrogen) atoms. The number of aliphatic hydroxyl groups is 1. The molecule has 1 fully saturated rings. The molecule has 5 heteroatoms. The van der Waals surface area contributed by atoms with E-state index in [0.29, 0.717) is 12.8 Å². The van der Waals surface area contributed by atoms with Crippen LogP contribution in [0, 0.1) is 11.7 Å². The first-order valence-corrected chi connectivity index (χ1v) is 8.29. The summed E-state index contributed by atoms with van der Waals surface area (Å²) in [6, 6.07) is 6.56. The number of carbonyl (C=O) groups is 1. The molecule has 0 radical (unpaired) electrons. The number of ether oxygens (including phenoxy) is 1. The van der Waals surface area contributed by atoms with E-state index in [2.05, 4.69) is 4.98 Å². The van der Waals surface area contributed by atoms with Crippen LogP contribution in [-0.2, 0) is 9.53 Å². The number of hydrogen-bond donors (Lipinski definition) is 1. The lowest BCUT2D eigenvalue weighted by Gasteiger charge is -2.39. The van der Waals surface area contributed by atoms with Crippen LogP contribution in [0.25, 0.3) is 10.9 Å². The number of hydrogen-bond acceptors (Lipinski definition) is 4. The van der Waals surface area contributed by atoms with Gasteiger partial charge in [-0.3, -0.25) is 9.78 Å². The van der Waals surface area contributed by atoms with Crippen LogP contribution >= 0.6 is 0 Å². The van der Waals surface area contributed by atoms with Crippen molar-refractivity contribution in [1.82, 2.24) is 4.98 Å². The van der Waals surface area contributed by atoms with Gasteiger partial charge in [0.15, 0.2) is 0 Å². The Labute approximate surface area is 140 Å². The number of rotatable bonds is 3. The van der Waals surface area contributed by atoms with Crippen molar-refractivity contribution in [1.29, 1.82) is 0 Å². The zero-order valence-electron chi connectivity index (χ0n) is 14.0. The molecule has 1 aliphatic rings. The van der Waals surface area contributed by atoms with Gasteiger partial charge in [-0.15, -0.1) is 0 Å². The fraction of sp³-hybridized carbons (Fsp3) is 0.474. The molecule has 0 spiro atoms. The predicted octanol–water partition coefficient (Wildman–Crippen LogP) is 3.57. The Morgan fingerprint density at radius 3 is 2.75 bits per heavy atom. The Morgan fingerprint density at radius 1 is 1.38 bits per heavy atom. The van der Waals surface area contributed by atoms with Gasteiger partial charge in [0.2, 0.25) is 0 Å². The highest BCUT2D eigenvalue weighted by atomic mass is 19.1. The van der Waals surface area contributed by atoms with Gasteiger partial charge < -0.3 is 9.84 Å². The number of aromatic nitrogens is 1. The van der Waals surface area contributed by atoms with Gasteiger partial charge in [-0.1, -0.05) is 0 Å². The molecule has 0 saturated heterocycles. The van der Waals surface area contributed by atoms with E-state index >= 15 is 0 Å². The monoisotopic (exact) mass is 331 g/mol. The third kappa shape index (κ3) is 3.00. The second-order valence-electron chi connectivity index (χ2n) is 6.68. The van der Waals surface area contributed by atoms with Crippen LogP contribution in [0.1, 0.15) is 44.1 Å². The van der Waals surface area contributed by atoms with Gasteiger partial charge in [-0.25, -0.2) is 4.39 Å². The Bertz CT molecular complexity index is 753. The number of methoxy groups -OCH3 is 1. The van der Waals surface area contributed by atoms with Crippen molar-refractivity contribution in [2.75, 3.05) is 7.11 Å². The van der Waals surface area contributed by atoms with Crippen molar-refractivity contribution in [3.05, 3.63) is 41.8 Å². The second-order valence-corrected chi connectivity index (χ2v) is 6.68. The summed E-state index contributed by atoms with van der Waals surface area (Å²) in [4.78, 5) is 16.0. The summed E-state index contributed by atoms with van der Waals surface area (Å²) in [6.07, 6.45) is 4.27. The van der Waals surface area contributed by atoms with Gasteiger partial charge in [-0.05, 0) is 68.4 Å². The van der Waals surface area contributed by atoms with Crippen molar-refractivity contribution in [2.24, 2.45) is 5.92 Å². The first kappa shape index (κ1) is 16.8. The molecule has 0 amide bonds. The molecule has 1 saturated carbocycles. The third-order valence-electron chi connectivity index (χ3n) is 5.39. The van der Waals surface area contributed by atoms with Crippen LogP contribution in [0.15, 0.2) is 30.5 Å². The van der Waals surface area contributed by atoms with Crippen molar-refractivity contribution in [3.8, 4) is 0 Å². The minimum Gasteiger partial charge on any atom is -0.469 e. The second kappa shape index (κ2) is 6.48. The highest BCUT2D eigenvalue weighted by molar-refractivity contribution is 5.82. The molecule has 1 aromatic carbocycles. The number of halogens is 1. The van der Waals surface area contributed by atoms with Crippen LogP contribution in [0.5, 0.6) is 0 Å². The molecule has 3 rings (SSSR count). The van der Waals surface area contributed by atoms with E-state index < -0.39 is 11.5 Å². The number of pyridine rings is 1. The third-order valence-corrected chi connectivity index (χ3v) is 5.39. The molecule has 1 N–H and O–H groups in total. The lowest BCUT2D eigenvalue weighted by molar-refractivity contribution is -0.157. The molecular formula is C19H22FNO3. The van der Waals surface area contributed by atoms with Gasteiger partial charge in [0.1, 0.15) is 5.82 Å². The van der Waals surface area contributed by atoms with Crippen LogP contribution in [-0.4, -0.2) is 28.8 Å². The summed E-state index contributed by atoms with van der Waals surface area (Å²) >= 11 is 0. The summed E-state index contributed by atoms with van der Waals surface area (Å²) in [6.45, 7) is 1.71. The molecule has 0 aliphatic heterocycles. The molecule has 1 unspecified atom stereocenters. The predicted molar refractivity (Wildman–Crippen MR) is 89.0 cm³/mol. The average molecular weight is 331 g/mol. The Hall–Kier alpha value is -2.01. The van der Waals surface area contributed by atoms with Gasteiger partial charge in [-0.2, -0.15) is 0 Å². The van der Waals surface area contributed by atoms with Crippen molar-refractivity contribution < 1.29 is 19.0 Å². The molecule has 1 atom stereocenters. The number of benzene rings is 1. The van der Waals surface area contributed by atoms with Gasteiger partial charge in [0.25, 0.3) is 0 Å². The first-order valence-electron chi connectivity index (χ1n) is 8.29. The van der Waals surface area contributed by atoms with Crippen LogP contribution in [0.3, 0.4) is 0 Å². The Kier molecular flexibility index (Phi) is 4.54. The smallest absolute Gasteiger partial charge is 0.311 e. The van der Waals surface area contributed by atoms with Gasteiger partial charge >= 0.3 is 5.97 Å². The number of carbonyl (C=O) groups excluding carboxylic acids is 1. The minimum atomic E-state index is -1.03. The van der Waals surface area contributed by atoms with E-state index in [9.17, 15) is 14.3 Å². The van der Waals surface area contributed by atoms with E-state index in [1.165, 1.54) is 19.2 Å². The summed E-state index contributed by atoms with van der Waals surface area (Å²) in [5.41, 5.74) is 0.808. The summed E-state index contributed by atoms with van der Waals surface area (Å²) in [7, 11) is 1.34. The molecule has 0 bridgehead atoms. The van der Waals surface area contributed by atoms with Crippen molar-refractivity contribution in [2.45, 2.75) is 44.1 Å². The molecular weight excluding hydrogens is 309 g/mol. The molecule has 4 nitrogen and oxygen atoms in total. The molecule has 2 aromatic rings. The van der Waals surface area contributed by atoms with E-state index in [1.54, 1.807) is 19.2 Å². The van der Waals surface area contributed by atoms with Gasteiger partial charge in [0.05, 0.1) is 24.1 Å². The fourth-order valence-corrected chi connectivity index (χ4v) is 3.75. The van der Waals surface area contributed by atoms with E-state index in [4.69, 9.17) is 4.74 Å². The largest absolute Gasteiger partial charge is 0.469 e. The fourth-order valence-electron chi connectivity index (χ4n) is 3.75. The molecule has 1 aliphatic carbocycles. The Balaban J connectivity index is 1.83.